The van der Waals surface area contributed by atoms with E-state index >= 15 is 0 Å². The van der Waals surface area contributed by atoms with Crippen LogP contribution < -0.4 is 5.43 Å². The van der Waals surface area contributed by atoms with Crippen molar-refractivity contribution in [3.63, 3.8) is 0 Å². The van der Waals surface area contributed by atoms with Gasteiger partial charge in [-0.25, -0.2) is 5.43 Å². The van der Waals surface area contributed by atoms with Gasteiger partial charge in [0.25, 0.3) is 5.91 Å². The molecule has 3 nitrogen and oxygen atoms in total. The van der Waals surface area contributed by atoms with Crippen LogP contribution in [0.4, 0.5) is 0 Å². The van der Waals surface area contributed by atoms with E-state index in [1.807, 2.05) is 49.4 Å². The number of hydrogen-bond donors (Lipinski definition) is 1. The van der Waals surface area contributed by atoms with Gasteiger partial charge in [0.1, 0.15) is 0 Å². The number of halogens is 2. The van der Waals surface area contributed by atoms with Crippen molar-refractivity contribution in [2.75, 3.05) is 0 Å². The largest absolute Gasteiger partial charge is 0.272 e. The number of hydrazone groups is 1. The number of nitrogens with one attached hydrogen (secondary N) is 1. The van der Waals surface area contributed by atoms with Crippen molar-refractivity contribution >= 4 is 43.5 Å². The second kappa shape index (κ2) is 6.81. The summed E-state index contributed by atoms with van der Waals surface area (Å²) < 4.78 is 1.72. The zero-order valence-electron chi connectivity index (χ0n) is 10.7. The Morgan fingerprint density at radius 1 is 1.10 bits per heavy atom. The van der Waals surface area contributed by atoms with Gasteiger partial charge in [0.15, 0.2) is 0 Å². The quantitative estimate of drug-likeness (QED) is 0.608. The van der Waals surface area contributed by atoms with E-state index < -0.39 is 0 Å². The molecule has 0 fully saturated rings. The summed E-state index contributed by atoms with van der Waals surface area (Å²) in [7, 11) is 0. The number of carbonyl (C=O) groups excluding carboxylic acids is 1. The molecule has 0 aliphatic carbocycles. The molecule has 2 rings (SSSR count). The lowest BCUT2D eigenvalue weighted by molar-refractivity contribution is 0.0954. The molecule has 0 saturated heterocycles. The lowest BCUT2D eigenvalue weighted by Crippen LogP contribution is -2.19. The third-order valence-corrected chi connectivity index (χ3v) is 3.87. The van der Waals surface area contributed by atoms with E-state index in [1.54, 1.807) is 6.07 Å². The molecule has 2 aromatic carbocycles. The van der Waals surface area contributed by atoms with Crippen LogP contribution in [-0.2, 0) is 0 Å². The molecule has 0 spiro atoms. The average molecular weight is 396 g/mol. The number of carbonyl (C=O) groups is 1. The number of nitrogens with zero attached hydrogens (tertiary/aromatic N) is 1. The molecular formula is C15H12Br2N2O. The molecule has 0 aliphatic heterocycles. The predicted octanol–water partition coefficient (Wildman–Crippen LogP) is 4.37. The van der Waals surface area contributed by atoms with E-state index in [2.05, 4.69) is 42.4 Å². The standard InChI is InChI=1S/C15H12Br2N2O/c1-10(11-5-4-6-12(16)9-11)18-19-15(20)13-7-2-3-8-14(13)17/h2-9H,1H3,(H,19,20)/b18-10+. The lowest BCUT2D eigenvalue weighted by Gasteiger charge is -2.05. The fourth-order valence-corrected chi connectivity index (χ4v) is 2.48. The van der Waals surface area contributed by atoms with Crippen LogP contribution in [0.3, 0.4) is 0 Å². The molecule has 0 unspecified atom stereocenters. The van der Waals surface area contributed by atoms with Gasteiger partial charge in [0, 0.05) is 8.95 Å². The van der Waals surface area contributed by atoms with Crippen molar-refractivity contribution in [2.45, 2.75) is 6.92 Å². The Morgan fingerprint density at radius 2 is 1.85 bits per heavy atom. The fraction of sp³-hybridized carbons (Fsp3) is 0.0667. The minimum absolute atomic E-state index is 0.244. The third kappa shape index (κ3) is 3.77. The monoisotopic (exact) mass is 394 g/mol. The zero-order chi connectivity index (χ0) is 14.5. The van der Waals surface area contributed by atoms with Gasteiger partial charge in [0.2, 0.25) is 0 Å². The normalized spacial score (nSPS) is 11.2. The Kier molecular flexibility index (Phi) is 5.09. The van der Waals surface area contributed by atoms with Crippen molar-refractivity contribution in [3.05, 3.63) is 68.6 Å². The molecule has 0 bridgehead atoms. The van der Waals surface area contributed by atoms with Crippen LogP contribution in [0.25, 0.3) is 0 Å². The maximum Gasteiger partial charge on any atom is 0.272 e. The van der Waals surface area contributed by atoms with Gasteiger partial charge in [-0.1, -0.05) is 40.2 Å². The third-order valence-electron chi connectivity index (χ3n) is 2.69. The molecule has 102 valence electrons. The Bertz CT molecular complexity index is 668. The van der Waals surface area contributed by atoms with Gasteiger partial charge < -0.3 is 0 Å². The van der Waals surface area contributed by atoms with Gasteiger partial charge in [-0.3, -0.25) is 4.79 Å². The molecule has 0 aromatic heterocycles. The van der Waals surface area contributed by atoms with Crippen molar-refractivity contribution in [1.29, 1.82) is 0 Å². The summed E-state index contributed by atoms with van der Waals surface area (Å²) in [5.74, 6) is -0.244. The first-order chi connectivity index (χ1) is 9.58. The fourth-order valence-electron chi connectivity index (χ4n) is 1.62. The highest BCUT2D eigenvalue weighted by Gasteiger charge is 2.08. The Morgan fingerprint density at radius 3 is 2.55 bits per heavy atom. The zero-order valence-corrected chi connectivity index (χ0v) is 13.9. The second-order valence-corrected chi connectivity index (χ2v) is 5.90. The maximum absolute atomic E-state index is 12.0. The Balaban J connectivity index is 2.13. The first kappa shape index (κ1) is 14.9. The van der Waals surface area contributed by atoms with Crippen LogP contribution in [0.15, 0.2) is 62.6 Å². The number of benzene rings is 2. The topological polar surface area (TPSA) is 41.5 Å². The van der Waals surface area contributed by atoms with Gasteiger partial charge in [-0.2, -0.15) is 5.10 Å². The smallest absolute Gasteiger partial charge is 0.267 e. The summed E-state index contributed by atoms with van der Waals surface area (Å²) in [5, 5.41) is 4.13. The molecule has 2 aromatic rings. The van der Waals surface area contributed by atoms with Crippen LogP contribution in [0, 0.1) is 0 Å². The van der Waals surface area contributed by atoms with Crippen molar-refractivity contribution in [2.24, 2.45) is 5.10 Å². The molecule has 1 N–H and O–H groups in total. The van der Waals surface area contributed by atoms with Crippen molar-refractivity contribution in [1.82, 2.24) is 5.43 Å². The van der Waals surface area contributed by atoms with E-state index in [4.69, 9.17) is 0 Å². The molecule has 0 heterocycles. The van der Waals surface area contributed by atoms with E-state index in [9.17, 15) is 4.79 Å². The Hall–Kier alpha value is -1.46. The van der Waals surface area contributed by atoms with E-state index in [0.717, 1.165) is 20.2 Å². The highest BCUT2D eigenvalue weighted by Crippen LogP contribution is 2.16. The first-order valence-corrected chi connectivity index (χ1v) is 7.51. The molecule has 5 heteroatoms. The summed E-state index contributed by atoms with van der Waals surface area (Å²) in [4.78, 5) is 12.0. The van der Waals surface area contributed by atoms with E-state index in [0.29, 0.717) is 5.56 Å². The number of amides is 1. The number of hydrogen-bond acceptors (Lipinski definition) is 2. The summed E-state index contributed by atoms with van der Waals surface area (Å²) in [5.41, 5.74) is 4.81. The highest BCUT2D eigenvalue weighted by molar-refractivity contribution is 9.10. The molecular weight excluding hydrogens is 384 g/mol. The first-order valence-electron chi connectivity index (χ1n) is 5.93. The molecule has 0 aliphatic rings. The van der Waals surface area contributed by atoms with Gasteiger partial charge in [0.05, 0.1) is 11.3 Å². The molecule has 0 radical (unpaired) electrons. The highest BCUT2D eigenvalue weighted by atomic mass is 79.9. The van der Waals surface area contributed by atoms with Gasteiger partial charge >= 0.3 is 0 Å². The molecule has 20 heavy (non-hydrogen) atoms. The maximum atomic E-state index is 12.0. The second-order valence-electron chi connectivity index (χ2n) is 4.13. The lowest BCUT2D eigenvalue weighted by atomic mass is 10.1. The van der Waals surface area contributed by atoms with Crippen molar-refractivity contribution < 1.29 is 4.79 Å². The van der Waals surface area contributed by atoms with Crippen LogP contribution in [0.1, 0.15) is 22.8 Å². The van der Waals surface area contributed by atoms with Crippen LogP contribution in [0.2, 0.25) is 0 Å². The van der Waals surface area contributed by atoms with Gasteiger partial charge in [-0.15, -0.1) is 0 Å². The van der Waals surface area contributed by atoms with Crippen LogP contribution in [0.5, 0.6) is 0 Å². The van der Waals surface area contributed by atoms with E-state index in [-0.39, 0.29) is 5.91 Å². The van der Waals surface area contributed by atoms with Crippen LogP contribution in [-0.4, -0.2) is 11.6 Å². The number of rotatable bonds is 3. The minimum atomic E-state index is -0.244. The molecule has 1 amide bonds. The summed E-state index contributed by atoms with van der Waals surface area (Å²) >= 11 is 6.75. The van der Waals surface area contributed by atoms with Crippen molar-refractivity contribution in [3.8, 4) is 0 Å². The SMILES string of the molecule is C/C(=N\NC(=O)c1ccccc1Br)c1cccc(Br)c1. The Labute approximate surface area is 134 Å². The molecule has 0 atom stereocenters. The van der Waals surface area contributed by atoms with Crippen LogP contribution >= 0.6 is 31.9 Å². The summed E-state index contributed by atoms with van der Waals surface area (Å²) in [6.45, 7) is 1.85. The van der Waals surface area contributed by atoms with E-state index in [1.165, 1.54) is 0 Å². The average Bonchev–Trinajstić information content (AvgIpc) is 2.45. The predicted molar refractivity (Wildman–Crippen MR) is 88.0 cm³/mol. The summed E-state index contributed by atoms with van der Waals surface area (Å²) in [6, 6.07) is 15.0. The van der Waals surface area contributed by atoms with Gasteiger partial charge in [-0.05, 0) is 52.7 Å². The summed E-state index contributed by atoms with van der Waals surface area (Å²) in [6.07, 6.45) is 0. The molecule has 0 saturated carbocycles. The minimum Gasteiger partial charge on any atom is -0.267 e.